The van der Waals surface area contributed by atoms with Gasteiger partial charge in [0.2, 0.25) is 0 Å². The number of ether oxygens (including phenoxy) is 2. The first kappa shape index (κ1) is 21.5. The number of benzene rings is 1. The van der Waals surface area contributed by atoms with E-state index < -0.39 is 11.9 Å². The normalized spacial score (nSPS) is 14.4. The van der Waals surface area contributed by atoms with Crippen LogP contribution in [0.3, 0.4) is 0 Å². The average Bonchev–Trinajstić information content (AvgIpc) is 3.03. The van der Waals surface area contributed by atoms with Crippen LogP contribution in [0.2, 0.25) is 5.02 Å². The Hall–Kier alpha value is -2.20. The largest absolute Gasteiger partial charge is 0.489 e. The third-order valence-electron chi connectivity index (χ3n) is 4.02. The van der Waals surface area contributed by atoms with E-state index in [1.54, 1.807) is 13.1 Å². The number of alkyl halides is 3. The van der Waals surface area contributed by atoms with Crippen molar-refractivity contribution in [1.29, 1.82) is 0 Å². The third-order valence-corrected chi connectivity index (χ3v) is 5.21. The number of nitrogens with zero attached hydrogens (tertiary/aromatic N) is 2. The summed E-state index contributed by atoms with van der Waals surface area (Å²) in [5.74, 6) is 1.68. The van der Waals surface area contributed by atoms with Gasteiger partial charge < -0.3 is 20.1 Å². The SMILES string of the molecule is CN=C(NCCc1nc(C(F)(F)F)cs1)NCc1cc(Cl)c2c(c1)OCCCO2. The summed E-state index contributed by atoms with van der Waals surface area (Å²) in [5.41, 5.74) is 0.0308. The number of hydrogen-bond donors (Lipinski definition) is 2. The molecule has 0 fully saturated rings. The molecule has 0 radical (unpaired) electrons. The molecule has 0 atom stereocenters. The minimum atomic E-state index is -4.41. The summed E-state index contributed by atoms with van der Waals surface area (Å²) in [6.45, 7) is 1.96. The highest BCUT2D eigenvalue weighted by molar-refractivity contribution is 7.09. The fraction of sp³-hybridized carbons (Fsp3) is 0.444. The predicted molar refractivity (Wildman–Crippen MR) is 106 cm³/mol. The summed E-state index contributed by atoms with van der Waals surface area (Å²) in [6, 6.07) is 3.66. The third kappa shape index (κ3) is 5.89. The minimum absolute atomic E-state index is 0.358. The van der Waals surface area contributed by atoms with Gasteiger partial charge in [-0.2, -0.15) is 13.2 Å². The Morgan fingerprint density at radius 2 is 2.07 bits per heavy atom. The second-order valence-corrected chi connectivity index (χ2v) is 7.53. The molecule has 2 N–H and O–H groups in total. The highest BCUT2D eigenvalue weighted by Crippen LogP contribution is 2.38. The average molecular weight is 449 g/mol. The molecule has 1 aliphatic heterocycles. The summed E-state index contributed by atoms with van der Waals surface area (Å²) >= 11 is 7.28. The first-order chi connectivity index (χ1) is 13.9. The van der Waals surface area contributed by atoms with Gasteiger partial charge in [0.15, 0.2) is 23.2 Å². The second kappa shape index (κ2) is 9.53. The number of rotatable bonds is 5. The molecule has 0 spiro atoms. The van der Waals surface area contributed by atoms with Gasteiger partial charge in [-0.15, -0.1) is 11.3 Å². The van der Waals surface area contributed by atoms with Crippen LogP contribution in [-0.4, -0.2) is 37.7 Å². The smallest absolute Gasteiger partial charge is 0.434 e. The number of hydrogen-bond acceptors (Lipinski definition) is 5. The number of thiazole rings is 1. The molecule has 0 amide bonds. The Kier molecular flexibility index (Phi) is 7.07. The molecule has 0 saturated carbocycles. The first-order valence-corrected chi connectivity index (χ1v) is 10.2. The van der Waals surface area contributed by atoms with Gasteiger partial charge in [0.25, 0.3) is 0 Å². The summed E-state index contributed by atoms with van der Waals surface area (Å²) in [5, 5.41) is 8.11. The highest BCUT2D eigenvalue weighted by atomic mass is 35.5. The molecule has 1 aromatic carbocycles. The summed E-state index contributed by atoms with van der Waals surface area (Å²) in [6.07, 6.45) is -3.26. The van der Waals surface area contributed by atoms with Gasteiger partial charge in [0.1, 0.15) is 0 Å². The summed E-state index contributed by atoms with van der Waals surface area (Å²) in [4.78, 5) is 7.72. The zero-order valence-electron chi connectivity index (χ0n) is 15.6. The van der Waals surface area contributed by atoms with Crippen LogP contribution in [0.4, 0.5) is 13.2 Å². The first-order valence-electron chi connectivity index (χ1n) is 8.91. The fourth-order valence-electron chi connectivity index (χ4n) is 2.64. The van der Waals surface area contributed by atoms with Crippen molar-refractivity contribution in [1.82, 2.24) is 15.6 Å². The Morgan fingerprint density at radius 1 is 1.28 bits per heavy atom. The zero-order valence-corrected chi connectivity index (χ0v) is 17.2. The van der Waals surface area contributed by atoms with Crippen molar-refractivity contribution in [3.05, 3.63) is 38.8 Å². The Morgan fingerprint density at radius 3 is 2.79 bits per heavy atom. The van der Waals surface area contributed by atoms with E-state index in [0.717, 1.165) is 28.7 Å². The lowest BCUT2D eigenvalue weighted by Crippen LogP contribution is -2.37. The van der Waals surface area contributed by atoms with Crippen molar-refractivity contribution in [2.75, 3.05) is 26.8 Å². The minimum Gasteiger partial charge on any atom is -0.489 e. The molecule has 1 aromatic heterocycles. The predicted octanol–water partition coefficient (Wildman–Crippen LogP) is 3.88. The van der Waals surface area contributed by atoms with Crippen molar-refractivity contribution in [3.63, 3.8) is 0 Å². The maximum Gasteiger partial charge on any atom is 0.434 e. The molecule has 3 rings (SSSR count). The lowest BCUT2D eigenvalue weighted by Gasteiger charge is -2.14. The van der Waals surface area contributed by atoms with Gasteiger partial charge >= 0.3 is 6.18 Å². The molecule has 158 valence electrons. The van der Waals surface area contributed by atoms with Crippen LogP contribution in [-0.2, 0) is 19.1 Å². The molecule has 1 aliphatic rings. The molecule has 0 unspecified atom stereocenters. The van der Waals surface area contributed by atoms with E-state index in [0.29, 0.717) is 60.2 Å². The van der Waals surface area contributed by atoms with Gasteiger partial charge in [-0.1, -0.05) is 11.6 Å². The van der Waals surface area contributed by atoms with Gasteiger partial charge in [0.05, 0.1) is 23.2 Å². The van der Waals surface area contributed by atoms with E-state index >= 15 is 0 Å². The monoisotopic (exact) mass is 448 g/mol. The standard InChI is InChI=1S/C18H20ClF3N4O2S/c1-23-17(24-4-3-15-26-14(10-29-15)18(20,21)22)25-9-11-7-12(19)16-13(8-11)27-5-2-6-28-16/h7-8,10H,2-6,9H2,1H3,(H2,23,24,25). The number of aliphatic imine (C=N–C) groups is 1. The van der Waals surface area contributed by atoms with Gasteiger partial charge in [-0.05, 0) is 17.7 Å². The van der Waals surface area contributed by atoms with E-state index in [4.69, 9.17) is 21.1 Å². The molecule has 11 heteroatoms. The molecule has 6 nitrogen and oxygen atoms in total. The second-order valence-electron chi connectivity index (χ2n) is 6.18. The number of halogens is 4. The number of guanidine groups is 1. The van der Waals surface area contributed by atoms with Crippen molar-refractivity contribution >= 4 is 28.9 Å². The van der Waals surface area contributed by atoms with Gasteiger partial charge in [-0.25, -0.2) is 4.98 Å². The van der Waals surface area contributed by atoms with Crippen LogP contribution >= 0.6 is 22.9 Å². The molecular formula is C18H20ClF3N4O2S. The van der Waals surface area contributed by atoms with Crippen molar-refractivity contribution in [2.45, 2.75) is 25.6 Å². The van der Waals surface area contributed by atoms with E-state index in [9.17, 15) is 13.2 Å². The maximum atomic E-state index is 12.6. The van der Waals surface area contributed by atoms with Crippen LogP contribution in [0.5, 0.6) is 11.5 Å². The Balaban J connectivity index is 1.51. The topological polar surface area (TPSA) is 67.8 Å². The van der Waals surface area contributed by atoms with Crippen LogP contribution in [0.15, 0.2) is 22.5 Å². The van der Waals surface area contributed by atoms with Crippen molar-refractivity contribution < 1.29 is 22.6 Å². The number of aromatic nitrogens is 1. The zero-order chi connectivity index (χ0) is 20.9. The van der Waals surface area contributed by atoms with E-state index in [2.05, 4.69) is 20.6 Å². The Bertz CT molecular complexity index is 873. The van der Waals surface area contributed by atoms with Crippen molar-refractivity contribution in [2.24, 2.45) is 4.99 Å². The quantitative estimate of drug-likeness (QED) is 0.536. The van der Waals surface area contributed by atoms with Crippen molar-refractivity contribution in [3.8, 4) is 11.5 Å². The summed E-state index contributed by atoms with van der Waals surface area (Å²) in [7, 11) is 1.61. The molecule has 0 saturated heterocycles. The van der Waals surface area contributed by atoms with Crippen LogP contribution in [0.1, 0.15) is 22.7 Å². The molecule has 29 heavy (non-hydrogen) atoms. The maximum absolute atomic E-state index is 12.6. The van der Waals surface area contributed by atoms with E-state index in [1.165, 1.54) is 0 Å². The lowest BCUT2D eigenvalue weighted by atomic mass is 10.2. The summed E-state index contributed by atoms with van der Waals surface area (Å²) < 4.78 is 49.1. The van der Waals surface area contributed by atoms with E-state index in [1.807, 2.05) is 6.07 Å². The van der Waals surface area contributed by atoms with Gasteiger partial charge in [-0.3, -0.25) is 4.99 Å². The van der Waals surface area contributed by atoms with Crippen LogP contribution < -0.4 is 20.1 Å². The number of fused-ring (bicyclic) bond motifs is 1. The molecule has 2 heterocycles. The van der Waals surface area contributed by atoms with E-state index in [-0.39, 0.29) is 0 Å². The van der Waals surface area contributed by atoms with Crippen LogP contribution in [0, 0.1) is 0 Å². The number of nitrogens with one attached hydrogen (secondary N) is 2. The molecule has 2 aromatic rings. The molecule has 0 bridgehead atoms. The highest BCUT2D eigenvalue weighted by Gasteiger charge is 2.33. The van der Waals surface area contributed by atoms with Crippen LogP contribution in [0.25, 0.3) is 0 Å². The Labute approximate surface area is 175 Å². The molecule has 0 aliphatic carbocycles. The van der Waals surface area contributed by atoms with Gasteiger partial charge in [0, 0.05) is 38.4 Å². The molecular weight excluding hydrogens is 429 g/mol. The fourth-order valence-corrected chi connectivity index (χ4v) is 3.73. The lowest BCUT2D eigenvalue weighted by molar-refractivity contribution is -0.140.